The Labute approximate surface area is 115 Å². The molecule has 0 saturated heterocycles. The van der Waals surface area contributed by atoms with E-state index in [1.807, 2.05) is 43.3 Å². The van der Waals surface area contributed by atoms with Crippen molar-refractivity contribution in [2.75, 3.05) is 0 Å². The van der Waals surface area contributed by atoms with Crippen LogP contribution in [-0.2, 0) is 0 Å². The fraction of sp³-hybridized carbons (Fsp3) is 0.0714. The molecule has 3 aromatic rings. The van der Waals surface area contributed by atoms with Crippen LogP contribution >= 0.6 is 11.6 Å². The van der Waals surface area contributed by atoms with Gasteiger partial charge in [-0.1, -0.05) is 29.8 Å². The van der Waals surface area contributed by atoms with Gasteiger partial charge >= 0.3 is 0 Å². The lowest BCUT2D eigenvalue weighted by Crippen LogP contribution is -1.93. The zero-order valence-electron chi connectivity index (χ0n) is 10.2. The normalized spacial score (nSPS) is 10.6. The summed E-state index contributed by atoms with van der Waals surface area (Å²) < 4.78 is 12.6. The molecule has 0 aliphatic heterocycles. The zero-order valence-corrected chi connectivity index (χ0v) is 11.0. The van der Waals surface area contributed by atoms with Gasteiger partial charge in [-0.25, -0.2) is 0 Å². The molecule has 0 aliphatic rings. The summed E-state index contributed by atoms with van der Waals surface area (Å²) in [5.74, 6) is 2.55. The van der Waals surface area contributed by atoms with Gasteiger partial charge in [0, 0.05) is 6.07 Å². The number of benzene rings is 1. The first-order valence-electron chi connectivity index (χ1n) is 5.77. The highest BCUT2D eigenvalue weighted by molar-refractivity contribution is 6.31. The van der Waals surface area contributed by atoms with Gasteiger partial charge in [-0.15, -0.1) is 0 Å². The Bertz CT molecular complexity index is 689. The third-order valence-corrected chi connectivity index (χ3v) is 2.93. The van der Waals surface area contributed by atoms with E-state index in [1.54, 1.807) is 12.3 Å². The molecule has 2 heterocycles. The van der Waals surface area contributed by atoms with Crippen molar-refractivity contribution in [3.05, 3.63) is 59.6 Å². The summed E-state index contributed by atoms with van der Waals surface area (Å²) in [6, 6.07) is 13.1. The largest absolute Gasteiger partial charge is 0.452 e. The Hall–Kier alpha value is -2.20. The molecule has 0 unspecified atom stereocenters. The number of furan rings is 1. The molecule has 0 amide bonds. The lowest BCUT2D eigenvalue weighted by atomic mass is 10.3. The Morgan fingerprint density at radius 2 is 1.95 bits per heavy atom. The second-order valence-electron chi connectivity index (χ2n) is 4.01. The molecule has 0 spiro atoms. The minimum Gasteiger partial charge on any atom is -0.452 e. The predicted octanol–water partition coefficient (Wildman–Crippen LogP) is 4.22. The Balaban J connectivity index is 1.91. The van der Waals surface area contributed by atoms with Crippen LogP contribution in [0, 0.1) is 6.92 Å². The molecular formula is C14H11ClN2O2. The van der Waals surface area contributed by atoms with Gasteiger partial charge in [0.1, 0.15) is 11.5 Å². The molecule has 5 heteroatoms. The molecule has 0 bridgehead atoms. The summed E-state index contributed by atoms with van der Waals surface area (Å²) in [4.78, 5) is 0. The number of aryl methyl sites for hydroxylation is 1. The summed E-state index contributed by atoms with van der Waals surface area (Å²) in [5, 5.41) is 4.53. The maximum Gasteiger partial charge on any atom is 0.221 e. The second kappa shape index (κ2) is 4.82. The number of rotatable bonds is 3. The molecule has 0 atom stereocenters. The molecule has 2 aromatic heterocycles. The van der Waals surface area contributed by atoms with Crippen LogP contribution in [-0.4, -0.2) is 9.78 Å². The van der Waals surface area contributed by atoms with Crippen LogP contribution in [0.1, 0.15) is 5.76 Å². The Kier molecular flexibility index (Phi) is 3.01. The first-order valence-corrected chi connectivity index (χ1v) is 6.15. The number of halogens is 1. The molecule has 0 radical (unpaired) electrons. The highest BCUT2D eigenvalue weighted by atomic mass is 35.5. The van der Waals surface area contributed by atoms with Gasteiger partial charge in [0.15, 0.2) is 10.9 Å². The maximum absolute atomic E-state index is 6.23. The van der Waals surface area contributed by atoms with Crippen LogP contribution < -0.4 is 4.74 Å². The summed E-state index contributed by atoms with van der Waals surface area (Å²) in [5.41, 5.74) is 0. The molecule has 3 rings (SSSR count). The van der Waals surface area contributed by atoms with Gasteiger partial charge in [-0.2, -0.15) is 9.78 Å². The van der Waals surface area contributed by atoms with Gasteiger partial charge in [0.25, 0.3) is 0 Å². The van der Waals surface area contributed by atoms with Crippen molar-refractivity contribution >= 4 is 11.6 Å². The highest BCUT2D eigenvalue weighted by Gasteiger charge is 2.14. The van der Waals surface area contributed by atoms with Gasteiger partial charge in [-0.05, 0) is 25.1 Å². The molecule has 0 fully saturated rings. The third-order valence-electron chi connectivity index (χ3n) is 2.59. The molecule has 0 saturated carbocycles. The number of aromatic nitrogens is 2. The lowest BCUT2D eigenvalue weighted by molar-refractivity contribution is 0.478. The number of para-hydroxylation sites is 1. The first kappa shape index (κ1) is 11.9. The Morgan fingerprint density at radius 3 is 2.63 bits per heavy atom. The van der Waals surface area contributed by atoms with Gasteiger partial charge in [0.05, 0.1) is 6.20 Å². The van der Waals surface area contributed by atoms with Crippen molar-refractivity contribution < 1.29 is 9.15 Å². The molecule has 0 aliphatic carbocycles. The topological polar surface area (TPSA) is 40.2 Å². The average Bonchev–Trinajstić information content (AvgIpc) is 2.99. The van der Waals surface area contributed by atoms with Gasteiger partial charge in [-0.3, -0.25) is 0 Å². The van der Waals surface area contributed by atoms with Crippen molar-refractivity contribution in [2.45, 2.75) is 6.92 Å². The number of hydrogen-bond donors (Lipinski definition) is 0. The van der Waals surface area contributed by atoms with Gasteiger partial charge in [0.2, 0.25) is 5.88 Å². The van der Waals surface area contributed by atoms with Crippen molar-refractivity contribution in [2.24, 2.45) is 0 Å². The van der Waals surface area contributed by atoms with Crippen LogP contribution in [0.25, 0.3) is 5.88 Å². The van der Waals surface area contributed by atoms with Crippen LogP contribution in [0.2, 0.25) is 5.15 Å². The molecular weight excluding hydrogens is 264 g/mol. The lowest BCUT2D eigenvalue weighted by Gasteiger charge is -2.03. The smallest absolute Gasteiger partial charge is 0.221 e. The zero-order chi connectivity index (χ0) is 13.2. The summed E-state index contributed by atoms with van der Waals surface area (Å²) in [6.45, 7) is 1.86. The predicted molar refractivity (Wildman–Crippen MR) is 72.1 cm³/mol. The molecule has 19 heavy (non-hydrogen) atoms. The number of ether oxygens (including phenoxy) is 1. The third kappa shape index (κ3) is 2.35. The molecule has 96 valence electrons. The van der Waals surface area contributed by atoms with E-state index >= 15 is 0 Å². The molecule has 4 nitrogen and oxygen atoms in total. The minimum absolute atomic E-state index is 0.373. The van der Waals surface area contributed by atoms with Crippen LogP contribution in [0.4, 0.5) is 0 Å². The average molecular weight is 275 g/mol. The standard InChI is InChI=1S/C14H11ClN2O2/c1-10-7-8-13(18-10)17-14(15)12(9-16-17)19-11-5-3-2-4-6-11/h2-9H,1H3. The van der Waals surface area contributed by atoms with E-state index in [0.717, 1.165) is 5.76 Å². The SMILES string of the molecule is Cc1ccc(-n2ncc(Oc3ccccc3)c2Cl)o1. The first-order chi connectivity index (χ1) is 9.24. The van der Waals surface area contributed by atoms with Crippen molar-refractivity contribution in [1.29, 1.82) is 0 Å². The molecule has 0 N–H and O–H groups in total. The van der Waals surface area contributed by atoms with Crippen molar-refractivity contribution in [3.8, 4) is 17.4 Å². The van der Waals surface area contributed by atoms with E-state index < -0.39 is 0 Å². The highest BCUT2D eigenvalue weighted by Crippen LogP contribution is 2.31. The van der Waals surface area contributed by atoms with Gasteiger partial charge < -0.3 is 9.15 Å². The van der Waals surface area contributed by atoms with Crippen LogP contribution in [0.5, 0.6) is 11.5 Å². The summed E-state index contributed by atoms with van der Waals surface area (Å²) >= 11 is 6.23. The van der Waals surface area contributed by atoms with E-state index in [-0.39, 0.29) is 0 Å². The van der Waals surface area contributed by atoms with E-state index in [2.05, 4.69) is 5.10 Å². The fourth-order valence-corrected chi connectivity index (χ4v) is 1.91. The quantitative estimate of drug-likeness (QED) is 0.718. The maximum atomic E-state index is 6.23. The number of hydrogen-bond acceptors (Lipinski definition) is 3. The van der Waals surface area contributed by atoms with E-state index in [4.69, 9.17) is 20.8 Å². The van der Waals surface area contributed by atoms with Crippen LogP contribution in [0.3, 0.4) is 0 Å². The van der Waals surface area contributed by atoms with Crippen molar-refractivity contribution in [1.82, 2.24) is 9.78 Å². The fourth-order valence-electron chi connectivity index (χ4n) is 1.69. The van der Waals surface area contributed by atoms with Crippen LogP contribution in [0.15, 0.2) is 53.1 Å². The van der Waals surface area contributed by atoms with E-state index in [1.165, 1.54) is 4.68 Å². The van der Waals surface area contributed by atoms with E-state index in [9.17, 15) is 0 Å². The summed E-state index contributed by atoms with van der Waals surface area (Å²) in [6.07, 6.45) is 1.56. The summed E-state index contributed by atoms with van der Waals surface area (Å²) in [7, 11) is 0. The minimum atomic E-state index is 0.373. The molecule has 1 aromatic carbocycles. The Morgan fingerprint density at radius 1 is 1.16 bits per heavy atom. The monoisotopic (exact) mass is 274 g/mol. The van der Waals surface area contributed by atoms with E-state index in [0.29, 0.717) is 22.5 Å². The number of nitrogens with zero attached hydrogens (tertiary/aromatic N) is 2. The second-order valence-corrected chi connectivity index (χ2v) is 4.37. The van der Waals surface area contributed by atoms with Crippen molar-refractivity contribution in [3.63, 3.8) is 0 Å².